The fourth-order valence-corrected chi connectivity index (χ4v) is 2.87. The van der Waals surface area contributed by atoms with E-state index in [2.05, 4.69) is 27.4 Å². The number of carboxylic acid groups (broad SMARTS) is 1. The molecule has 0 aliphatic heterocycles. The third kappa shape index (κ3) is 5.84. The molecular weight excluding hydrogens is 382 g/mol. The van der Waals surface area contributed by atoms with Crippen LogP contribution in [-0.2, 0) is 11.3 Å². The number of nitrogens with two attached hydrogens (primary N) is 1. The summed E-state index contributed by atoms with van der Waals surface area (Å²) >= 11 is 0. The van der Waals surface area contributed by atoms with Crippen molar-refractivity contribution in [3.63, 3.8) is 0 Å². The molecule has 1 aromatic heterocycles. The number of hydrogen-bond donors (Lipinski definition) is 5. The first-order valence-electron chi connectivity index (χ1n) is 9.63. The quantitative estimate of drug-likeness (QED) is 0.220. The molecular formula is C22H25N5O3. The zero-order valence-electron chi connectivity index (χ0n) is 16.5. The minimum atomic E-state index is -0.250. The van der Waals surface area contributed by atoms with Gasteiger partial charge in [-0.2, -0.15) is 0 Å². The van der Waals surface area contributed by atoms with Crippen LogP contribution in [0.1, 0.15) is 24.2 Å². The number of imidazole rings is 1. The van der Waals surface area contributed by atoms with Crippen LogP contribution in [0, 0.1) is 11.3 Å². The fourth-order valence-electron chi connectivity index (χ4n) is 2.87. The van der Waals surface area contributed by atoms with Gasteiger partial charge in [0.1, 0.15) is 17.4 Å². The summed E-state index contributed by atoms with van der Waals surface area (Å²) in [6.45, 7) is 0.997. The number of anilines is 1. The van der Waals surface area contributed by atoms with E-state index in [1.807, 2.05) is 42.6 Å². The van der Waals surface area contributed by atoms with Crippen LogP contribution < -0.4 is 15.8 Å². The van der Waals surface area contributed by atoms with Crippen molar-refractivity contribution in [2.45, 2.75) is 19.4 Å². The second-order valence-corrected chi connectivity index (χ2v) is 6.95. The number of nitrogens with one attached hydrogen (secondary N) is 3. The number of aromatic amines is 1. The standard InChI is InChI=1S/C21H23N5O.CH2O2/c22-21(23)17-9-8-16(10-19(17)27-13-14-6-7-14)24-12-20-25-11-18(26-20)15-4-2-1-3-5-15;2-1-3/h1-5,8-11,14,24H,6-7,12-13H2,(H3,22,23)(H,25,26);1H,(H,2,3). The number of ether oxygens (including phenoxy) is 1. The summed E-state index contributed by atoms with van der Waals surface area (Å²) in [4.78, 5) is 16.1. The predicted molar refractivity (Wildman–Crippen MR) is 116 cm³/mol. The van der Waals surface area contributed by atoms with E-state index >= 15 is 0 Å². The normalized spacial score (nSPS) is 12.4. The lowest BCUT2D eigenvalue weighted by atomic mass is 10.1. The van der Waals surface area contributed by atoms with Gasteiger partial charge in [0, 0.05) is 11.8 Å². The van der Waals surface area contributed by atoms with Gasteiger partial charge in [0.25, 0.3) is 6.47 Å². The number of amidine groups is 1. The van der Waals surface area contributed by atoms with E-state index in [9.17, 15) is 0 Å². The Bertz CT molecular complexity index is 983. The van der Waals surface area contributed by atoms with Crippen LogP contribution in [0.15, 0.2) is 54.7 Å². The summed E-state index contributed by atoms with van der Waals surface area (Å²) in [5.74, 6) is 2.17. The van der Waals surface area contributed by atoms with Gasteiger partial charge in [-0.1, -0.05) is 30.3 Å². The summed E-state index contributed by atoms with van der Waals surface area (Å²) in [6, 6.07) is 15.7. The first-order chi connectivity index (χ1) is 14.6. The third-order valence-electron chi connectivity index (χ3n) is 4.62. The van der Waals surface area contributed by atoms with E-state index in [-0.39, 0.29) is 12.3 Å². The van der Waals surface area contributed by atoms with Crippen LogP contribution in [0.3, 0.4) is 0 Å². The summed E-state index contributed by atoms with van der Waals surface area (Å²) < 4.78 is 5.89. The zero-order chi connectivity index (χ0) is 21.3. The van der Waals surface area contributed by atoms with Crippen LogP contribution in [0.4, 0.5) is 5.69 Å². The lowest BCUT2D eigenvalue weighted by Crippen LogP contribution is -2.14. The molecule has 1 fully saturated rings. The van der Waals surface area contributed by atoms with Gasteiger partial charge in [-0.3, -0.25) is 10.2 Å². The van der Waals surface area contributed by atoms with Crippen molar-refractivity contribution in [1.29, 1.82) is 5.41 Å². The predicted octanol–water partition coefficient (Wildman–Crippen LogP) is 3.46. The lowest BCUT2D eigenvalue weighted by Gasteiger charge is -2.13. The second kappa shape index (κ2) is 10.1. The van der Waals surface area contributed by atoms with E-state index in [1.54, 1.807) is 0 Å². The lowest BCUT2D eigenvalue weighted by molar-refractivity contribution is -0.122. The molecule has 156 valence electrons. The van der Waals surface area contributed by atoms with E-state index in [0.29, 0.717) is 30.4 Å². The SMILES string of the molecule is N=C(N)c1ccc(NCc2ncc(-c3ccccc3)[nH]2)cc1OCC1CC1.O=CO. The molecule has 8 nitrogen and oxygen atoms in total. The summed E-state index contributed by atoms with van der Waals surface area (Å²) in [5, 5.41) is 18.0. The van der Waals surface area contributed by atoms with Crippen molar-refractivity contribution < 1.29 is 14.6 Å². The highest BCUT2D eigenvalue weighted by atomic mass is 16.5. The van der Waals surface area contributed by atoms with Crippen LogP contribution >= 0.6 is 0 Å². The highest BCUT2D eigenvalue weighted by Gasteiger charge is 2.22. The number of nitrogens with zero attached hydrogens (tertiary/aromatic N) is 1. The van der Waals surface area contributed by atoms with Crippen molar-refractivity contribution in [2.75, 3.05) is 11.9 Å². The van der Waals surface area contributed by atoms with Gasteiger partial charge in [-0.15, -0.1) is 0 Å². The van der Waals surface area contributed by atoms with Gasteiger partial charge in [-0.05, 0) is 36.5 Å². The largest absolute Gasteiger partial charge is 0.492 e. The molecule has 1 aliphatic rings. The number of nitrogen functional groups attached to an aromatic ring is 1. The topological polar surface area (TPSA) is 137 Å². The van der Waals surface area contributed by atoms with Gasteiger partial charge < -0.3 is 25.9 Å². The van der Waals surface area contributed by atoms with Crippen LogP contribution in [-0.4, -0.2) is 34.0 Å². The molecule has 8 heteroatoms. The van der Waals surface area contributed by atoms with E-state index in [4.69, 9.17) is 25.8 Å². The summed E-state index contributed by atoms with van der Waals surface area (Å²) in [6.07, 6.45) is 4.28. The van der Waals surface area contributed by atoms with E-state index < -0.39 is 0 Å². The number of benzene rings is 2. The highest BCUT2D eigenvalue weighted by molar-refractivity contribution is 5.98. The number of H-pyrrole nitrogens is 1. The third-order valence-corrected chi connectivity index (χ3v) is 4.62. The van der Waals surface area contributed by atoms with Crippen LogP contribution in [0.5, 0.6) is 5.75 Å². The summed E-state index contributed by atoms with van der Waals surface area (Å²) in [7, 11) is 0. The Kier molecular flexibility index (Phi) is 7.05. The molecule has 0 atom stereocenters. The van der Waals surface area contributed by atoms with Crippen molar-refractivity contribution >= 4 is 18.0 Å². The minimum absolute atomic E-state index is 0.0193. The maximum Gasteiger partial charge on any atom is 0.290 e. The monoisotopic (exact) mass is 407 g/mol. The highest BCUT2D eigenvalue weighted by Crippen LogP contribution is 2.31. The van der Waals surface area contributed by atoms with Crippen molar-refractivity contribution in [3.8, 4) is 17.0 Å². The van der Waals surface area contributed by atoms with Crippen molar-refractivity contribution in [1.82, 2.24) is 9.97 Å². The first-order valence-corrected chi connectivity index (χ1v) is 9.63. The van der Waals surface area contributed by atoms with Crippen molar-refractivity contribution in [3.05, 3.63) is 66.1 Å². The van der Waals surface area contributed by atoms with E-state index in [1.165, 1.54) is 12.8 Å². The molecule has 0 radical (unpaired) electrons. The van der Waals surface area contributed by atoms with Crippen LogP contribution in [0.25, 0.3) is 11.3 Å². The molecule has 0 unspecified atom stereocenters. The number of hydrogen-bond acceptors (Lipinski definition) is 5. The average molecular weight is 407 g/mol. The Morgan fingerprint density at radius 3 is 2.70 bits per heavy atom. The Morgan fingerprint density at radius 2 is 2.03 bits per heavy atom. The Labute approximate surface area is 174 Å². The van der Waals surface area contributed by atoms with Crippen molar-refractivity contribution in [2.24, 2.45) is 11.7 Å². The molecule has 2 aromatic carbocycles. The zero-order valence-corrected chi connectivity index (χ0v) is 16.5. The molecule has 0 saturated heterocycles. The Hall–Kier alpha value is -3.81. The molecule has 6 N–H and O–H groups in total. The van der Waals surface area contributed by atoms with Crippen LogP contribution in [0.2, 0.25) is 0 Å². The van der Waals surface area contributed by atoms with Gasteiger partial charge in [0.15, 0.2) is 0 Å². The maximum atomic E-state index is 8.36. The molecule has 4 rings (SSSR count). The van der Waals surface area contributed by atoms with Gasteiger partial charge in [0.05, 0.1) is 30.6 Å². The molecule has 30 heavy (non-hydrogen) atoms. The fraction of sp³-hybridized carbons (Fsp3) is 0.227. The Morgan fingerprint density at radius 1 is 1.30 bits per heavy atom. The number of carbonyl (C=O) groups is 1. The molecule has 1 saturated carbocycles. The van der Waals surface area contributed by atoms with Gasteiger partial charge >= 0.3 is 0 Å². The molecule has 0 bridgehead atoms. The number of rotatable bonds is 8. The first kappa shape index (κ1) is 20.9. The molecule has 3 aromatic rings. The number of aromatic nitrogens is 2. The summed E-state index contributed by atoms with van der Waals surface area (Å²) in [5.41, 5.74) is 9.32. The molecule has 1 heterocycles. The molecule has 0 spiro atoms. The minimum Gasteiger partial charge on any atom is -0.492 e. The smallest absolute Gasteiger partial charge is 0.290 e. The van der Waals surface area contributed by atoms with Gasteiger partial charge in [0.2, 0.25) is 0 Å². The van der Waals surface area contributed by atoms with E-state index in [0.717, 1.165) is 22.8 Å². The van der Waals surface area contributed by atoms with Gasteiger partial charge in [-0.25, -0.2) is 4.98 Å². The maximum absolute atomic E-state index is 8.36. The molecule has 1 aliphatic carbocycles. The average Bonchev–Trinajstić information content (AvgIpc) is 3.47. The Balaban J connectivity index is 0.000000806. The second-order valence-electron chi connectivity index (χ2n) is 6.95. The molecule has 0 amide bonds.